The number of sulfone groups is 1. The van der Waals surface area contributed by atoms with Gasteiger partial charge in [-0.3, -0.25) is 9.78 Å². The van der Waals surface area contributed by atoms with Crippen LogP contribution in [0.2, 0.25) is 0 Å². The van der Waals surface area contributed by atoms with Crippen LogP contribution in [-0.4, -0.2) is 37.6 Å². The molecule has 2 aromatic carbocycles. The van der Waals surface area contributed by atoms with Crippen LogP contribution in [0.4, 0.5) is 18.9 Å². The van der Waals surface area contributed by atoms with Crippen LogP contribution in [0.5, 0.6) is 0 Å². The van der Waals surface area contributed by atoms with E-state index in [0.29, 0.717) is 30.1 Å². The molecule has 2 heterocycles. The summed E-state index contributed by atoms with van der Waals surface area (Å²) in [6, 6.07) is 10.4. The molecule has 6 nitrogen and oxygen atoms in total. The van der Waals surface area contributed by atoms with E-state index in [1.165, 1.54) is 12.3 Å². The van der Waals surface area contributed by atoms with Gasteiger partial charge in [-0.2, -0.15) is 13.2 Å². The number of alkyl halides is 3. The highest BCUT2D eigenvalue weighted by Crippen LogP contribution is 2.34. The van der Waals surface area contributed by atoms with Crippen LogP contribution in [0.25, 0.3) is 10.9 Å². The molecule has 1 N–H and O–H groups in total. The quantitative estimate of drug-likeness (QED) is 0.568. The van der Waals surface area contributed by atoms with Crippen molar-refractivity contribution in [2.75, 3.05) is 18.0 Å². The molecular formula is C23H21F3N2O4S. The molecule has 1 aliphatic heterocycles. The maximum absolute atomic E-state index is 13.0. The first-order chi connectivity index (χ1) is 15.6. The molecule has 1 aliphatic rings. The Bertz CT molecular complexity index is 1300. The van der Waals surface area contributed by atoms with Gasteiger partial charge in [0, 0.05) is 31.1 Å². The average molecular weight is 478 g/mol. The second-order valence-electron chi connectivity index (χ2n) is 8.08. The van der Waals surface area contributed by atoms with E-state index in [1.54, 1.807) is 12.1 Å². The zero-order chi connectivity index (χ0) is 23.8. The predicted molar refractivity (Wildman–Crippen MR) is 116 cm³/mol. The fourth-order valence-corrected chi connectivity index (χ4v) is 5.41. The minimum absolute atomic E-state index is 0.117. The standard InChI is InChI=1S/C23H21F3N2O4S/c24-23(25,26)17-4-2-5-18(13-17)33(31,32)19-12-16-3-1-6-20(22(16)27-14-19)28-9-7-15(8-10-28)11-21(29)30/h1-6,12-15H,7-11H2,(H,29,30). The van der Waals surface area contributed by atoms with Crippen molar-refractivity contribution >= 4 is 32.4 Å². The van der Waals surface area contributed by atoms with Gasteiger partial charge < -0.3 is 10.0 Å². The lowest BCUT2D eigenvalue weighted by molar-refractivity contribution is -0.139. The second kappa shape index (κ2) is 8.66. The summed E-state index contributed by atoms with van der Waals surface area (Å²) < 4.78 is 65.1. The fraction of sp³-hybridized carbons (Fsp3) is 0.304. The third-order valence-corrected chi connectivity index (χ3v) is 7.58. The number of pyridine rings is 1. The lowest BCUT2D eigenvalue weighted by atomic mass is 9.93. The first-order valence-electron chi connectivity index (χ1n) is 10.3. The Kier molecular flexibility index (Phi) is 6.04. The topological polar surface area (TPSA) is 87.6 Å². The van der Waals surface area contributed by atoms with Gasteiger partial charge in [0.1, 0.15) is 0 Å². The molecule has 0 radical (unpaired) electrons. The number of anilines is 1. The van der Waals surface area contributed by atoms with Gasteiger partial charge in [-0.25, -0.2) is 8.42 Å². The number of benzene rings is 2. The van der Waals surface area contributed by atoms with Gasteiger partial charge in [0.2, 0.25) is 9.84 Å². The van der Waals surface area contributed by atoms with Crippen molar-refractivity contribution < 1.29 is 31.5 Å². The average Bonchev–Trinajstić information content (AvgIpc) is 2.78. The van der Waals surface area contributed by atoms with E-state index in [9.17, 15) is 26.4 Å². The molecule has 3 aromatic rings. The largest absolute Gasteiger partial charge is 0.481 e. The minimum atomic E-state index is -4.65. The van der Waals surface area contributed by atoms with Gasteiger partial charge >= 0.3 is 12.1 Å². The second-order valence-corrected chi connectivity index (χ2v) is 10.0. The number of rotatable bonds is 5. The number of halogens is 3. The maximum Gasteiger partial charge on any atom is 0.416 e. The molecule has 10 heteroatoms. The number of carboxylic acids is 1. The number of hydrogen-bond acceptors (Lipinski definition) is 5. The van der Waals surface area contributed by atoms with Crippen LogP contribution in [0.15, 0.2) is 64.5 Å². The number of hydrogen-bond donors (Lipinski definition) is 1. The maximum atomic E-state index is 13.0. The van der Waals surface area contributed by atoms with Gasteiger partial charge in [-0.05, 0) is 49.1 Å². The van der Waals surface area contributed by atoms with Crippen LogP contribution in [0.1, 0.15) is 24.8 Å². The van der Waals surface area contributed by atoms with Gasteiger partial charge in [0.25, 0.3) is 0 Å². The summed E-state index contributed by atoms with van der Waals surface area (Å²) in [6.45, 7) is 1.31. The number of aliphatic carboxylic acids is 1. The molecule has 0 bridgehead atoms. The van der Waals surface area contributed by atoms with Crippen molar-refractivity contribution in [3.8, 4) is 0 Å². The van der Waals surface area contributed by atoms with E-state index in [0.717, 1.165) is 36.7 Å². The summed E-state index contributed by atoms with van der Waals surface area (Å²) in [5.74, 6) is -0.694. The molecule has 0 unspecified atom stereocenters. The molecule has 174 valence electrons. The van der Waals surface area contributed by atoms with E-state index in [4.69, 9.17) is 5.11 Å². The molecule has 0 atom stereocenters. The summed E-state index contributed by atoms with van der Waals surface area (Å²) in [7, 11) is -4.20. The lowest BCUT2D eigenvalue weighted by Gasteiger charge is -2.33. The highest BCUT2D eigenvalue weighted by Gasteiger charge is 2.32. The van der Waals surface area contributed by atoms with Crippen LogP contribution < -0.4 is 4.90 Å². The molecule has 0 spiro atoms. The van der Waals surface area contributed by atoms with Gasteiger partial charge in [0.05, 0.1) is 26.6 Å². The fourth-order valence-electron chi connectivity index (χ4n) is 4.13. The Balaban J connectivity index is 1.64. The molecule has 1 saturated heterocycles. The zero-order valence-corrected chi connectivity index (χ0v) is 18.2. The number of fused-ring (bicyclic) bond motifs is 1. The molecule has 33 heavy (non-hydrogen) atoms. The molecule has 4 rings (SSSR count). The van der Waals surface area contributed by atoms with Crippen molar-refractivity contribution in [2.45, 2.75) is 35.2 Å². The summed E-state index contributed by atoms with van der Waals surface area (Å²) >= 11 is 0. The number of carbonyl (C=O) groups is 1. The van der Waals surface area contributed by atoms with Crippen molar-refractivity contribution in [2.24, 2.45) is 5.92 Å². The van der Waals surface area contributed by atoms with Crippen molar-refractivity contribution in [3.63, 3.8) is 0 Å². The van der Waals surface area contributed by atoms with Crippen molar-refractivity contribution in [1.82, 2.24) is 4.98 Å². The molecule has 0 saturated carbocycles. The number of nitrogens with zero attached hydrogens (tertiary/aromatic N) is 2. The number of para-hydroxylation sites is 1. The highest BCUT2D eigenvalue weighted by atomic mass is 32.2. The van der Waals surface area contributed by atoms with E-state index >= 15 is 0 Å². The molecule has 1 aromatic heterocycles. The SMILES string of the molecule is O=C(O)CC1CCN(c2cccc3cc(S(=O)(=O)c4cccc(C(F)(F)F)c4)cnc23)CC1. The Morgan fingerprint density at radius 2 is 1.76 bits per heavy atom. The summed E-state index contributed by atoms with van der Waals surface area (Å²) in [4.78, 5) is 16.8. The van der Waals surface area contributed by atoms with Crippen LogP contribution in [0, 0.1) is 5.92 Å². The third-order valence-electron chi connectivity index (χ3n) is 5.87. The summed E-state index contributed by atoms with van der Waals surface area (Å²) in [5.41, 5.74) is 0.354. The van der Waals surface area contributed by atoms with Crippen LogP contribution in [0.3, 0.4) is 0 Å². The monoisotopic (exact) mass is 478 g/mol. The summed E-state index contributed by atoms with van der Waals surface area (Å²) in [6.07, 6.45) is -1.90. The first kappa shape index (κ1) is 23.0. The van der Waals surface area contributed by atoms with E-state index in [1.807, 2.05) is 6.07 Å². The highest BCUT2D eigenvalue weighted by molar-refractivity contribution is 7.91. The molecular weight excluding hydrogens is 457 g/mol. The van der Waals surface area contributed by atoms with Crippen LogP contribution in [-0.2, 0) is 20.8 Å². The van der Waals surface area contributed by atoms with Crippen LogP contribution >= 0.6 is 0 Å². The Morgan fingerprint density at radius 3 is 2.42 bits per heavy atom. The van der Waals surface area contributed by atoms with E-state index in [-0.39, 0.29) is 17.2 Å². The molecule has 1 fully saturated rings. The Labute approximate surface area is 188 Å². The normalized spacial score (nSPS) is 15.7. The number of carboxylic acid groups (broad SMARTS) is 1. The smallest absolute Gasteiger partial charge is 0.416 e. The number of piperidine rings is 1. The Hall–Kier alpha value is -3.14. The van der Waals surface area contributed by atoms with E-state index in [2.05, 4.69) is 9.88 Å². The first-order valence-corrected chi connectivity index (χ1v) is 11.8. The van der Waals surface area contributed by atoms with Gasteiger partial charge in [-0.1, -0.05) is 18.2 Å². The molecule has 0 aliphatic carbocycles. The minimum Gasteiger partial charge on any atom is -0.481 e. The Morgan fingerprint density at radius 1 is 1.06 bits per heavy atom. The van der Waals surface area contributed by atoms with Gasteiger partial charge in [-0.15, -0.1) is 0 Å². The van der Waals surface area contributed by atoms with Crippen molar-refractivity contribution in [3.05, 3.63) is 60.3 Å². The summed E-state index contributed by atoms with van der Waals surface area (Å²) in [5, 5.41) is 9.54. The van der Waals surface area contributed by atoms with Gasteiger partial charge in [0.15, 0.2) is 0 Å². The van der Waals surface area contributed by atoms with Crippen molar-refractivity contribution in [1.29, 1.82) is 0 Å². The number of aromatic nitrogens is 1. The molecule has 0 amide bonds. The lowest BCUT2D eigenvalue weighted by Crippen LogP contribution is -2.34. The third kappa shape index (κ3) is 4.80. The zero-order valence-electron chi connectivity index (χ0n) is 17.4. The van der Waals surface area contributed by atoms with E-state index < -0.39 is 32.4 Å². The predicted octanol–water partition coefficient (Wildman–Crippen LogP) is 4.78.